The molecular weight excluding hydrogens is 402 g/mol. The summed E-state index contributed by atoms with van der Waals surface area (Å²) >= 11 is 1.81. The summed E-state index contributed by atoms with van der Waals surface area (Å²) in [5.74, 6) is 1.59. The summed E-state index contributed by atoms with van der Waals surface area (Å²) in [6.07, 6.45) is 9.43. The Labute approximate surface area is 189 Å². The van der Waals surface area contributed by atoms with Crippen LogP contribution in [0.5, 0.6) is 0 Å². The second kappa shape index (κ2) is 9.72. The minimum absolute atomic E-state index is 0.504. The van der Waals surface area contributed by atoms with Crippen LogP contribution in [0.2, 0.25) is 0 Å². The van der Waals surface area contributed by atoms with E-state index >= 15 is 0 Å². The lowest BCUT2D eigenvalue weighted by molar-refractivity contribution is 0.198. The fraction of sp³-hybridized carbons (Fsp3) is 0.520. The van der Waals surface area contributed by atoms with Crippen LogP contribution in [0.3, 0.4) is 0 Å². The molecule has 0 spiro atoms. The normalized spacial score (nSPS) is 20.6. The molecule has 2 saturated heterocycles. The largest absolute Gasteiger partial charge is 0.350 e. The van der Waals surface area contributed by atoms with Gasteiger partial charge in [-0.2, -0.15) is 0 Å². The fourth-order valence-electron chi connectivity index (χ4n) is 5.16. The zero-order valence-corrected chi connectivity index (χ0v) is 19.4. The molecule has 0 radical (unpaired) electrons. The van der Waals surface area contributed by atoms with E-state index in [1.165, 1.54) is 67.5 Å². The number of aryl methyl sites for hydroxylation is 1. The minimum atomic E-state index is 0.504. The van der Waals surface area contributed by atoms with Crippen molar-refractivity contribution < 1.29 is 0 Å². The molecule has 0 N–H and O–H groups in total. The van der Waals surface area contributed by atoms with Crippen molar-refractivity contribution in [3.8, 4) is 0 Å². The lowest BCUT2D eigenvalue weighted by Crippen LogP contribution is -2.34. The molecule has 0 aliphatic carbocycles. The van der Waals surface area contributed by atoms with E-state index in [1.54, 1.807) is 0 Å². The van der Waals surface area contributed by atoms with Gasteiger partial charge in [-0.15, -0.1) is 0 Å². The van der Waals surface area contributed by atoms with Crippen LogP contribution >= 0.6 is 11.8 Å². The lowest BCUT2D eigenvalue weighted by atomic mass is 9.94. The second-order valence-electron chi connectivity index (χ2n) is 9.02. The molecule has 6 heteroatoms. The van der Waals surface area contributed by atoms with Gasteiger partial charge in [0.15, 0.2) is 5.16 Å². The molecule has 4 heterocycles. The number of thioether (sulfide) groups is 1. The van der Waals surface area contributed by atoms with Gasteiger partial charge < -0.3 is 9.47 Å². The average molecular weight is 436 g/mol. The van der Waals surface area contributed by atoms with Crippen LogP contribution in [0.4, 0.5) is 0 Å². The van der Waals surface area contributed by atoms with Gasteiger partial charge in [0.25, 0.3) is 0 Å². The molecule has 5 nitrogen and oxygen atoms in total. The van der Waals surface area contributed by atoms with E-state index in [0.717, 1.165) is 30.5 Å². The van der Waals surface area contributed by atoms with E-state index in [2.05, 4.69) is 62.9 Å². The molecule has 0 unspecified atom stereocenters. The summed E-state index contributed by atoms with van der Waals surface area (Å²) in [7, 11) is 2.15. The number of piperidine rings is 1. The highest BCUT2D eigenvalue weighted by atomic mass is 32.2. The Balaban J connectivity index is 1.21. The highest BCUT2D eigenvalue weighted by Crippen LogP contribution is 2.29. The quantitative estimate of drug-likeness (QED) is 0.402. The van der Waals surface area contributed by atoms with Crippen molar-refractivity contribution in [2.24, 2.45) is 7.05 Å². The molecule has 5 rings (SSSR count). The number of para-hydroxylation sites is 1. The zero-order chi connectivity index (χ0) is 21.0. The third kappa shape index (κ3) is 4.97. The van der Waals surface area contributed by atoms with Crippen molar-refractivity contribution in [1.29, 1.82) is 0 Å². The van der Waals surface area contributed by atoms with Crippen LogP contribution < -0.4 is 0 Å². The van der Waals surface area contributed by atoms with Gasteiger partial charge in [0.2, 0.25) is 0 Å². The van der Waals surface area contributed by atoms with Crippen LogP contribution in [0.25, 0.3) is 10.9 Å². The zero-order valence-electron chi connectivity index (χ0n) is 18.5. The minimum Gasteiger partial charge on any atom is -0.350 e. The van der Waals surface area contributed by atoms with Gasteiger partial charge in [-0.05, 0) is 63.0 Å². The molecule has 3 aromatic rings. The van der Waals surface area contributed by atoms with Gasteiger partial charge in [0.1, 0.15) is 0 Å². The van der Waals surface area contributed by atoms with E-state index in [0.29, 0.717) is 5.92 Å². The summed E-state index contributed by atoms with van der Waals surface area (Å²) in [4.78, 5) is 14.7. The standard InChI is InChI=1S/C25H33N5S/c1-28-17-21(22-8-2-3-9-24(22)28)19-30-14-6-7-20(18-30)23-10-11-26-25(27-23)31-16-15-29-12-4-5-13-29/h2-3,8-11,17,20H,4-7,12-16,18-19H2,1H3/t20-/m0/s1. The summed E-state index contributed by atoms with van der Waals surface area (Å²) in [5, 5.41) is 2.33. The van der Waals surface area contributed by atoms with E-state index in [9.17, 15) is 0 Å². The molecule has 0 bridgehead atoms. The fourth-order valence-corrected chi connectivity index (χ4v) is 5.99. The molecule has 164 valence electrons. The average Bonchev–Trinajstić information content (AvgIpc) is 3.43. The highest BCUT2D eigenvalue weighted by molar-refractivity contribution is 7.99. The van der Waals surface area contributed by atoms with Gasteiger partial charge in [-0.3, -0.25) is 4.90 Å². The number of rotatable bonds is 7. The molecule has 2 fully saturated rings. The first-order chi connectivity index (χ1) is 15.3. The number of likely N-dealkylation sites (tertiary alicyclic amines) is 2. The van der Waals surface area contributed by atoms with Crippen molar-refractivity contribution in [1.82, 2.24) is 24.3 Å². The summed E-state index contributed by atoms with van der Waals surface area (Å²) in [6.45, 7) is 6.94. The first-order valence-corrected chi connectivity index (χ1v) is 12.7. The SMILES string of the molecule is Cn1cc(CN2CCC[C@H](c3ccnc(SCCN4CCCC4)n3)C2)c2ccccc21. The topological polar surface area (TPSA) is 37.2 Å². The molecule has 0 saturated carbocycles. The van der Waals surface area contributed by atoms with Crippen molar-refractivity contribution in [3.05, 3.63) is 54.0 Å². The van der Waals surface area contributed by atoms with E-state index < -0.39 is 0 Å². The monoisotopic (exact) mass is 435 g/mol. The smallest absolute Gasteiger partial charge is 0.187 e. The number of benzene rings is 1. The summed E-state index contributed by atoms with van der Waals surface area (Å²) in [6, 6.07) is 10.9. The van der Waals surface area contributed by atoms with Gasteiger partial charge in [0.05, 0.1) is 0 Å². The number of hydrogen-bond donors (Lipinski definition) is 0. The van der Waals surface area contributed by atoms with Crippen molar-refractivity contribution in [2.75, 3.05) is 38.5 Å². The van der Waals surface area contributed by atoms with Crippen LogP contribution in [0, 0.1) is 0 Å². The van der Waals surface area contributed by atoms with Gasteiger partial charge in [-0.25, -0.2) is 9.97 Å². The third-order valence-corrected chi connectivity index (χ3v) is 7.63. The summed E-state index contributed by atoms with van der Waals surface area (Å²) < 4.78 is 2.25. The number of aromatic nitrogens is 3. The van der Waals surface area contributed by atoms with E-state index in [1.807, 2.05) is 18.0 Å². The van der Waals surface area contributed by atoms with E-state index in [4.69, 9.17) is 4.98 Å². The Hall–Kier alpha value is -1.89. The number of fused-ring (bicyclic) bond motifs is 1. The molecule has 2 aliphatic heterocycles. The van der Waals surface area contributed by atoms with Crippen LogP contribution in [0.1, 0.15) is 42.9 Å². The maximum atomic E-state index is 4.96. The molecular formula is C25H33N5S. The van der Waals surface area contributed by atoms with Crippen LogP contribution in [0.15, 0.2) is 47.9 Å². The molecule has 2 aliphatic rings. The maximum Gasteiger partial charge on any atom is 0.187 e. The Kier molecular flexibility index (Phi) is 6.58. The van der Waals surface area contributed by atoms with Gasteiger partial charge in [-0.1, -0.05) is 30.0 Å². The predicted octanol–water partition coefficient (Wildman–Crippen LogP) is 4.54. The van der Waals surface area contributed by atoms with Crippen molar-refractivity contribution >= 4 is 22.7 Å². The molecule has 31 heavy (non-hydrogen) atoms. The van der Waals surface area contributed by atoms with Crippen LogP contribution in [-0.2, 0) is 13.6 Å². The van der Waals surface area contributed by atoms with E-state index in [-0.39, 0.29) is 0 Å². The second-order valence-corrected chi connectivity index (χ2v) is 10.1. The Bertz CT molecular complexity index is 1010. The number of hydrogen-bond acceptors (Lipinski definition) is 5. The highest BCUT2D eigenvalue weighted by Gasteiger charge is 2.24. The first kappa shape index (κ1) is 21.0. The van der Waals surface area contributed by atoms with Crippen molar-refractivity contribution in [2.45, 2.75) is 43.3 Å². The predicted molar refractivity (Wildman–Crippen MR) is 129 cm³/mol. The Morgan fingerprint density at radius 2 is 1.87 bits per heavy atom. The molecule has 1 atom stereocenters. The Morgan fingerprint density at radius 1 is 1.03 bits per heavy atom. The first-order valence-electron chi connectivity index (χ1n) is 11.7. The maximum absolute atomic E-state index is 4.96. The molecule has 1 aromatic carbocycles. The third-order valence-electron chi connectivity index (χ3n) is 6.79. The molecule has 0 amide bonds. The number of nitrogens with zero attached hydrogens (tertiary/aromatic N) is 5. The van der Waals surface area contributed by atoms with Gasteiger partial charge >= 0.3 is 0 Å². The van der Waals surface area contributed by atoms with Crippen molar-refractivity contribution in [3.63, 3.8) is 0 Å². The van der Waals surface area contributed by atoms with Crippen LogP contribution in [-0.4, -0.2) is 62.8 Å². The summed E-state index contributed by atoms with van der Waals surface area (Å²) in [5.41, 5.74) is 3.97. The Morgan fingerprint density at radius 3 is 2.77 bits per heavy atom. The molecule has 2 aromatic heterocycles. The van der Waals surface area contributed by atoms with Gasteiger partial charge in [0, 0.05) is 67.3 Å². The lowest BCUT2D eigenvalue weighted by Gasteiger charge is -2.32.